The normalized spacial score (nSPS) is 13.4. The second kappa shape index (κ2) is 10.0. The van der Waals surface area contributed by atoms with E-state index in [9.17, 15) is 22.7 Å². The second-order valence-electron chi connectivity index (χ2n) is 6.70. The van der Waals surface area contributed by atoms with Crippen LogP contribution in [-0.2, 0) is 19.6 Å². The van der Waals surface area contributed by atoms with Gasteiger partial charge in [-0.2, -0.15) is 5.26 Å². The molecule has 1 atom stereocenters. The van der Waals surface area contributed by atoms with Crippen molar-refractivity contribution in [3.8, 4) is 11.8 Å². The molecular formula is C23H17ClN2O5S2. The number of nitriles is 1. The summed E-state index contributed by atoms with van der Waals surface area (Å²) < 4.78 is 47.4. The number of hydrogen-bond donors (Lipinski definition) is 0. The number of carbonyl (C=O) groups excluding carboxylic acids is 1. The lowest BCUT2D eigenvalue weighted by Crippen LogP contribution is -2.08. The summed E-state index contributed by atoms with van der Waals surface area (Å²) >= 11 is 5.80. The van der Waals surface area contributed by atoms with Gasteiger partial charge in [0.2, 0.25) is 9.84 Å². The summed E-state index contributed by atoms with van der Waals surface area (Å²) in [4.78, 5) is 11.8. The molecule has 0 saturated heterocycles. The fraction of sp³-hybridized carbons (Fsp3) is 0.0435. The molecule has 10 heteroatoms. The molecule has 33 heavy (non-hydrogen) atoms. The van der Waals surface area contributed by atoms with Gasteiger partial charge in [-0.1, -0.05) is 29.8 Å². The lowest BCUT2D eigenvalue weighted by molar-refractivity contribution is 0.0734. The predicted molar refractivity (Wildman–Crippen MR) is 125 cm³/mol. The molecule has 0 amide bonds. The zero-order valence-corrected chi connectivity index (χ0v) is 19.6. The molecule has 0 N–H and O–H groups in total. The van der Waals surface area contributed by atoms with Crippen LogP contribution in [0, 0.1) is 11.3 Å². The monoisotopic (exact) mass is 500 g/mol. The van der Waals surface area contributed by atoms with Crippen molar-refractivity contribution in [2.75, 3.05) is 6.26 Å². The highest BCUT2D eigenvalue weighted by Gasteiger charge is 2.20. The van der Waals surface area contributed by atoms with E-state index in [-0.39, 0.29) is 15.5 Å². The molecule has 0 saturated carbocycles. The molecule has 3 aromatic rings. The molecule has 0 fully saturated rings. The summed E-state index contributed by atoms with van der Waals surface area (Å²) in [6.45, 7) is 0. The Bertz CT molecular complexity index is 1470. The molecule has 0 spiro atoms. The summed E-state index contributed by atoms with van der Waals surface area (Å²) in [7, 11) is -7.17. The minimum atomic E-state index is -4.09. The van der Waals surface area contributed by atoms with Gasteiger partial charge >= 0.3 is 5.97 Å². The number of esters is 1. The van der Waals surface area contributed by atoms with Crippen molar-refractivity contribution >= 4 is 37.1 Å². The molecule has 0 aromatic heterocycles. The Kier molecular flexibility index (Phi) is 7.33. The van der Waals surface area contributed by atoms with Crippen molar-refractivity contribution in [1.82, 2.24) is 0 Å². The van der Waals surface area contributed by atoms with Crippen LogP contribution in [-0.4, -0.2) is 24.9 Å². The molecule has 0 aliphatic rings. The number of halogens is 1. The lowest BCUT2D eigenvalue weighted by Gasteiger charge is -2.07. The van der Waals surface area contributed by atoms with E-state index in [0.29, 0.717) is 10.6 Å². The van der Waals surface area contributed by atoms with E-state index in [1.165, 1.54) is 66.9 Å². The van der Waals surface area contributed by atoms with Crippen molar-refractivity contribution in [3.05, 3.63) is 101 Å². The van der Waals surface area contributed by atoms with Gasteiger partial charge in [-0.25, -0.2) is 21.8 Å². The zero-order valence-electron chi connectivity index (χ0n) is 17.2. The molecule has 3 aromatic carbocycles. The van der Waals surface area contributed by atoms with Crippen LogP contribution in [0.25, 0.3) is 0 Å². The number of sulfone groups is 1. The van der Waals surface area contributed by atoms with Crippen LogP contribution in [0.15, 0.2) is 104 Å². The van der Waals surface area contributed by atoms with E-state index in [1.54, 1.807) is 24.3 Å². The predicted octanol–water partition coefficient (Wildman–Crippen LogP) is 4.85. The molecule has 0 aliphatic heterocycles. The van der Waals surface area contributed by atoms with Gasteiger partial charge in [0.25, 0.3) is 0 Å². The summed E-state index contributed by atoms with van der Waals surface area (Å²) in [6.07, 6.45) is 2.11. The van der Waals surface area contributed by atoms with Gasteiger partial charge in [0.15, 0.2) is 4.91 Å². The number of ether oxygens (including phenoxy) is 1. The molecule has 0 heterocycles. The molecule has 7 nitrogen and oxygen atoms in total. The van der Waals surface area contributed by atoms with E-state index >= 15 is 0 Å². The Morgan fingerprint density at radius 3 is 2.12 bits per heavy atom. The first-order chi connectivity index (χ1) is 15.6. The maximum atomic E-state index is 13.0. The smallest absolute Gasteiger partial charge is 0.343 e. The Balaban J connectivity index is 1.83. The van der Waals surface area contributed by atoms with E-state index in [0.717, 1.165) is 6.20 Å². The van der Waals surface area contributed by atoms with E-state index in [2.05, 4.69) is 4.36 Å². The van der Waals surface area contributed by atoms with E-state index in [1.807, 2.05) is 0 Å². The summed E-state index contributed by atoms with van der Waals surface area (Å²) in [6, 6.07) is 21.0. The Labute approximate surface area is 197 Å². The average Bonchev–Trinajstić information content (AvgIpc) is 2.80. The molecule has 1 unspecified atom stereocenters. The molecule has 0 radical (unpaired) electrons. The van der Waals surface area contributed by atoms with Crippen molar-refractivity contribution in [1.29, 1.82) is 5.26 Å². The van der Waals surface area contributed by atoms with Crippen molar-refractivity contribution in [2.45, 2.75) is 9.79 Å². The van der Waals surface area contributed by atoms with Crippen LogP contribution in [0.4, 0.5) is 0 Å². The number of hydrogen-bond acceptors (Lipinski definition) is 7. The largest absolute Gasteiger partial charge is 0.423 e. The van der Waals surface area contributed by atoms with Crippen molar-refractivity contribution < 1.29 is 22.2 Å². The third-order valence-electron chi connectivity index (χ3n) is 4.38. The Hall–Kier alpha value is -3.45. The minimum Gasteiger partial charge on any atom is -0.423 e. The van der Waals surface area contributed by atoms with Crippen molar-refractivity contribution in [3.63, 3.8) is 0 Å². The van der Waals surface area contributed by atoms with Crippen LogP contribution < -0.4 is 4.74 Å². The number of benzene rings is 3. The third kappa shape index (κ3) is 5.87. The fourth-order valence-corrected chi connectivity index (χ4v) is 4.95. The van der Waals surface area contributed by atoms with Crippen LogP contribution in [0.3, 0.4) is 0 Å². The van der Waals surface area contributed by atoms with Gasteiger partial charge in [0.05, 0.1) is 26.4 Å². The number of rotatable bonds is 6. The third-order valence-corrected chi connectivity index (χ3v) is 7.95. The van der Waals surface area contributed by atoms with Gasteiger partial charge in [0, 0.05) is 16.2 Å². The number of nitrogens with zero attached hydrogens (tertiary/aromatic N) is 2. The summed E-state index contributed by atoms with van der Waals surface area (Å²) in [5.74, 6) is -0.372. The average molecular weight is 501 g/mol. The topological polar surface area (TPSA) is 114 Å². The van der Waals surface area contributed by atoms with Gasteiger partial charge in [-0.15, -0.1) is 0 Å². The molecule has 0 bridgehead atoms. The lowest BCUT2D eigenvalue weighted by atomic mass is 10.2. The van der Waals surface area contributed by atoms with Crippen molar-refractivity contribution in [2.24, 2.45) is 4.36 Å². The molecular weight excluding hydrogens is 484 g/mol. The Morgan fingerprint density at radius 2 is 1.55 bits per heavy atom. The highest BCUT2D eigenvalue weighted by molar-refractivity contribution is 7.95. The standard InChI is InChI=1S/C23H17ClN2O5S2/c1-32(28,26-16-22(15-25)33(29,30)21-5-3-2-4-6-21)20-13-11-19(12-14-20)31-23(27)17-7-9-18(24)10-8-17/h2-14,16H,1H3. The fourth-order valence-electron chi connectivity index (χ4n) is 2.61. The first kappa shape index (κ1) is 24.2. The summed E-state index contributed by atoms with van der Waals surface area (Å²) in [5, 5.41) is 9.80. The van der Waals surface area contributed by atoms with Gasteiger partial charge in [-0.05, 0) is 60.7 Å². The van der Waals surface area contributed by atoms with Gasteiger partial charge in [0.1, 0.15) is 11.8 Å². The van der Waals surface area contributed by atoms with E-state index in [4.69, 9.17) is 16.3 Å². The van der Waals surface area contributed by atoms with Crippen LogP contribution in [0.5, 0.6) is 5.75 Å². The number of carbonyl (C=O) groups is 1. The zero-order chi connectivity index (χ0) is 24.1. The number of allylic oxidation sites excluding steroid dienone is 1. The van der Waals surface area contributed by atoms with E-state index < -0.39 is 30.4 Å². The second-order valence-corrected chi connectivity index (χ2v) is 11.3. The first-order valence-corrected chi connectivity index (χ1v) is 13.1. The van der Waals surface area contributed by atoms with Crippen LogP contribution in [0.2, 0.25) is 5.02 Å². The van der Waals surface area contributed by atoms with Crippen LogP contribution >= 0.6 is 11.6 Å². The maximum absolute atomic E-state index is 13.0. The molecule has 168 valence electrons. The maximum Gasteiger partial charge on any atom is 0.343 e. The summed E-state index contributed by atoms with van der Waals surface area (Å²) in [5.41, 5.74) is 0.312. The van der Waals surface area contributed by atoms with Gasteiger partial charge < -0.3 is 4.74 Å². The highest BCUT2D eigenvalue weighted by Crippen LogP contribution is 2.22. The quantitative estimate of drug-likeness (QED) is 0.271. The van der Waals surface area contributed by atoms with Gasteiger partial charge in [-0.3, -0.25) is 0 Å². The molecule has 3 rings (SSSR count). The SMILES string of the molecule is CS(=O)(=NC=C(C#N)S(=O)(=O)c1ccccc1)c1ccc(OC(=O)c2ccc(Cl)cc2)cc1. The first-order valence-electron chi connectivity index (χ1n) is 9.33. The van der Waals surface area contributed by atoms with Crippen LogP contribution in [0.1, 0.15) is 10.4 Å². The minimum absolute atomic E-state index is 0.0672. The molecule has 0 aliphatic carbocycles. The Morgan fingerprint density at radius 1 is 0.939 bits per heavy atom. The highest BCUT2D eigenvalue weighted by atomic mass is 35.5.